The summed E-state index contributed by atoms with van der Waals surface area (Å²) in [6.07, 6.45) is 6.76. The molecule has 0 aliphatic rings. The van der Waals surface area contributed by atoms with Crippen molar-refractivity contribution in [1.82, 2.24) is 9.97 Å². The Morgan fingerprint density at radius 3 is 3.00 bits per heavy atom. The van der Waals surface area contributed by atoms with E-state index in [1.807, 2.05) is 42.6 Å². The van der Waals surface area contributed by atoms with Crippen molar-refractivity contribution in [3.63, 3.8) is 0 Å². The molecule has 2 heterocycles. The molecule has 4 heteroatoms. The van der Waals surface area contributed by atoms with Crippen molar-refractivity contribution in [3.8, 4) is 11.1 Å². The van der Waals surface area contributed by atoms with Gasteiger partial charge in [0.1, 0.15) is 5.65 Å². The maximum absolute atomic E-state index is 10.8. The molecular formula is C16H13N3O. The van der Waals surface area contributed by atoms with Crippen LogP contribution in [-0.4, -0.2) is 15.9 Å². The van der Waals surface area contributed by atoms with Crippen molar-refractivity contribution in [3.05, 3.63) is 60.4 Å². The molecular weight excluding hydrogens is 250 g/mol. The third kappa shape index (κ3) is 2.31. The van der Waals surface area contributed by atoms with Gasteiger partial charge in [0.2, 0.25) is 5.91 Å². The Labute approximate surface area is 116 Å². The van der Waals surface area contributed by atoms with Gasteiger partial charge in [-0.3, -0.25) is 4.79 Å². The number of nitrogens with two attached hydrogens (primary N) is 1. The highest BCUT2D eigenvalue weighted by Crippen LogP contribution is 2.28. The van der Waals surface area contributed by atoms with E-state index >= 15 is 0 Å². The highest BCUT2D eigenvalue weighted by atomic mass is 16.1. The van der Waals surface area contributed by atoms with Crippen LogP contribution >= 0.6 is 0 Å². The van der Waals surface area contributed by atoms with Gasteiger partial charge >= 0.3 is 0 Å². The second-order valence-electron chi connectivity index (χ2n) is 4.46. The number of benzene rings is 1. The summed E-state index contributed by atoms with van der Waals surface area (Å²) >= 11 is 0. The smallest absolute Gasteiger partial charge is 0.241 e. The molecule has 4 nitrogen and oxygen atoms in total. The molecule has 0 bridgehead atoms. The van der Waals surface area contributed by atoms with Gasteiger partial charge in [-0.15, -0.1) is 0 Å². The second-order valence-corrected chi connectivity index (χ2v) is 4.46. The molecule has 0 saturated heterocycles. The number of rotatable bonds is 3. The van der Waals surface area contributed by atoms with Gasteiger partial charge in [0.15, 0.2) is 0 Å². The van der Waals surface area contributed by atoms with Crippen LogP contribution in [0.15, 0.2) is 54.9 Å². The van der Waals surface area contributed by atoms with Gasteiger partial charge in [-0.2, -0.15) is 0 Å². The van der Waals surface area contributed by atoms with Crippen LogP contribution in [0.4, 0.5) is 0 Å². The number of H-pyrrole nitrogens is 1. The lowest BCUT2D eigenvalue weighted by atomic mass is 10.0. The average molecular weight is 263 g/mol. The van der Waals surface area contributed by atoms with Crippen LogP contribution in [0.1, 0.15) is 5.56 Å². The predicted octanol–water partition coefficient (Wildman–Crippen LogP) is 2.73. The van der Waals surface area contributed by atoms with Crippen LogP contribution in [0.5, 0.6) is 0 Å². The molecule has 0 spiro atoms. The SMILES string of the molecule is NC(=O)C=Cc1cccc(-c2c[nH]c3ncccc23)c1. The Hall–Kier alpha value is -2.88. The molecule has 0 saturated carbocycles. The minimum atomic E-state index is -0.452. The highest BCUT2D eigenvalue weighted by Gasteiger charge is 2.06. The fraction of sp³-hybridized carbons (Fsp3) is 0. The summed E-state index contributed by atoms with van der Waals surface area (Å²) in [4.78, 5) is 18.2. The summed E-state index contributed by atoms with van der Waals surface area (Å²) in [7, 11) is 0. The van der Waals surface area contributed by atoms with Crippen molar-refractivity contribution in [2.45, 2.75) is 0 Å². The van der Waals surface area contributed by atoms with Gasteiger partial charge < -0.3 is 10.7 Å². The number of nitrogens with one attached hydrogen (secondary N) is 1. The zero-order valence-electron chi connectivity index (χ0n) is 10.7. The van der Waals surface area contributed by atoms with E-state index in [-0.39, 0.29) is 0 Å². The molecule has 1 amide bonds. The average Bonchev–Trinajstić information content (AvgIpc) is 2.89. The van der Waals surface area contributed by atoms with Crippen LogP contribution < -0.4 is 5.73 Å². The molecule has 1 aromatic carbocycles. The van der Waals surface area contributed by atoms with Gasteiger partial charge in [-0.05, 0) is 35.4 Å². The van der Waals surface area contributed by atoms with Crippen molar-refractivity contribution < 1.29 is 4.79 Å². The number of nitrogens with zero attached hydrogens (tertiary/aromatic N) is 1. The second kappa shape index (κ2) is 5.01. The van der Waals surface area contributed by atoms with E-state index in [4.69, 9.17) is 5.73 Å². The quantitative estimate of drug-likeness (QED) is 0.713. The van der Waals surface area contributed by atoms with Crippen LogP contribution in [0, 0.1) is 0 Å². The Balaban J connectivity index is 2.06. The molecule has 0 atom stereocenters. The van der Waals surface area contributed by atoms with E-state index < -0.39 is 5.91 Å². The van der Waals surface area contributed by atoms with Crippen molar-refractivity contribution in [2.24, 2.45) is 5.73 Å². The number of primary amides is 1. The minimum absolute atomic E-state index is 0.452. The standard InChI is InChI=1S/C16H13N3O/c17-15(20)7-6-11-3-1-4-12(9-11)14-10-19-16-13(14)5-2-8-18-16/h1-10H,(H2,17,20)(H,18,19). The van der Waals surface area contributed by atoms with E-state index in [9.17, 15) is 4.79 Å². The fourth-order valence-corrected chi connectivity index (χ4v) is 2.18. The molecule has 0 aliphatic carbocycles. The summed E-state index contributed by atoms with van der Waals surface area (Å²) < 4.78 is 0. The number of hydrogen-bond donors (Lipinski definition) is 2. The Kier molecular flexibility index (Phi) is 3.05. The number of amides is 1. The molecule has 0 unspecified atom stereocenters. The summed E-state index contributed by atoms with van der Waals surface area (Å²) in [5, 5.41) is 1.07. The molecule has 20 heavy (non-hydrogen) atoms. The first-order chi connectivity index (χ1) is 9.74. The van der Waals surface area contributed by atoms with Crippen LogP contribution in [0.25, 0.3) is 28.2 Å². The Bertz CT molecular complexity index is 802. The van der Waals surface area contributed by atoms with Crippen LogP contribution in [-0.2, 0) is 4.79 Å². The zero-order valence-corrected chi connectivity index (χ0v) is 10.7. The van der Waals surface area contributed by atoms with Gasteiger partial charge in [-0.25, -0.2) is 4.98 Å². The largest absolute Gasteiger partial charge is 0.366 e. The maximum atomic E-state index is 10.8. The Morgan fingerprint density at radius 1 is 1.25 bits per heavy atom. The lowest BCUT2D eigenvalue weighted by Gasteiger charge is -2.01. The lowest BCUT2D eigenvalue weighted by molar-refractivity contribution is -0.113. The zero-order chi connectivity index (χ0) is 13.9. The molecule has 3 rings (SSSR count). The van der Waals surface area contributed by atoms with Crippen LogP contribution in [0.2, 0.25) is 0 Å². The summed E-state index contributed by atoms with van der Waals surface area (Å²) in [6.45, 7) is 0. The lowest BCUT2D eigenvalue weighted by Crippen LogP contribution is -2.05. The third-order valence-corrected chi connectivity index (χ3v) is 3.09. The van der Waals surface area contributed by atoms with Gasteiger partial charge in [0.25, 0.3) is 0 Å². The minimum Gasteiger partial charge on any atom is -0.366 e. The maximum Gasteiger partial charge on any atom is 0.241 e. The summed E-state index contributed by atoms with van der Waals surface area (Å²) in [5.74, 6) is -0.452. The first kappa shape index (κ1) is 12.2. The number of fused-ring (bicyclic) bond motifs is 1. The summed E-state index contributed by atoms with van der Waals surface area (Å²) in [5.41, 5.74) is 9.05. The highest BCUT2D eigenvalue weighted by molar-refractivity contribution is 5.94. The van der Waals surface area contributed by atoms with Crippen molar-refractivity contribution in [2.75, 3.05) is 0 Å². The third-order valence-electron chi connectivity index (χ3n) is 3.09. The fourth-order valence-electron chi connectivity index (χ4n) is 2.18. The first-order valence-electron chi connectivity index (χ1n) is 6.24. The molecule has 3 N–H and O–H groups in total. The van der Waals surface area contributed by atoms with Gasteiger partial charge in [-0.1, -0.05) is 18.2 Å². The molecule has 0 aliphatic heterocycles. The predicted molar refractivity (Wildman–Crippen MR) is 79.8 cm³/mol. The van der Waals surface area contributed by atoms with E-state index in [2.05, 4.69) is 9.97 Å². The number of carbonyl (C=O) groups excluding carboxylic acids is 1. The number of pyridine rings is 1. The monoisotopic (exact) mass is 263 g/mol. The number of carbonyl (C=O) groups is 1. The summed E-state index contributed by atoms with van der Waals surface area (Å²) in [6, 6.07) is 11.9. The molecule has 3 aromatic rings. The number of aromatic nitrogens is 2. The molecule has 98 valence electrons. The topological polar surface area (TPSA) is 71.8 Å². The molecule has 0 fully saturated rings. The first-order valence-corrected chi connectivity index (χ1v) is 6.24. The number of hydrogen-bond acceptors (Lipinski definition) is 2. The normalized spacial score (nSPS) is 11.2. The van der Waals surface area contributed by atoms with Gasteiger partial charge in [0.05, 0.1) is 0 Å². The van der Waals surface area contributed by atoms with E-state index in [0.29, 0.717) is 0 Å². The van der Waals surface area contributed by atoms with Crippen molar-refractivity contribution >= 4 is 23.0 Å². The van der Waals surface area contributed by atoms with Gasteiger partial charge in [0, 0.05) is 29.4 Å². The number of aromatic amines is 1. The molecule has 0 radical (unpaired) electrons. The van der Waals surface area contributed by atoms with Crippen LogP contribution in [0.3, 0.4) is 0 Å². The van der Waals surface area contributed by atoms with E-state index in [1.165, 1.54) is 6.08 Å². The Morgan fingerprint density at radius 2 is 2.15 bits per heavy atom. The van der Waals surface area contributed by atoms with Crippen molar-refractivity contribution in [1.29, 1.82) is 0 Å². The molecule has 2 aromatic heterocycles. The van der Waals surface area contributed by atoms with E-state index in [1.54, 1.807) is 12.3 Å². The van der Waals surface area contributed by atoms with E-state index in [0.717, 1.165) is 27.7 Å².